The minimum Gasteiger partial charge on any atom is -0.393 e. The highest BCUT2D eigenvalue weighted by molar-refractivity contribution is 5.10. The summed E-state index contributed by atoms with van der Waals surface area (Å²) in [5.41, 5.74) is 2.05. The molecular formula is C15H26O. The fourth-order valence-electron chi connectivity index (χ4n) is 3.99. The molecule has 92 valence electrons. The lowest BCUT2D eigenvalue weighted by atomic mass is 9.53. The van der Waals surface area contributed by atoms with Gasteiger partial charge in [0.2, 0.25) is 0 Å². The fraction of sp³-hybridized carbons (Fsp3) is 0.867. The third kappa shape index (κ3) is 1.84. The van der Waals surface area contributed by atoms with Crippen molar-refractivity contribution in [2.24, 2.45) is 16.7 Å². The second kappa shape index (κ2) is 3.87. The number of aliphatic hydroxyl groups is 1. The van der Waals surface area contributed by atoms with Crippen molar-refractivity contribution < 1.29 is 5.11 Å². The summed E-state index contributed by atoms with van der Waals surface area (Å²) < 4.78 is 0. The molecule has 0 bridgehead atoms. The summed E-state index contributed by atoms with van der Waals surface area (Å²) in [6.45, 7) is 9.21. The Morgan fingerprint density at radius 2 is 1.94 bits per heavy atom. The van der Waals surface area contributed by atoms with E-state index in [1.165, 1.54) is 25.7 Å². The second-order valence-electron chi connectivity index (χ2n) is 6.88. The summed E-state index contributed by atoms with van der Waals surface area (Å²) >= 11 is 0. The van der Waals surface area contributed by atoms with E-state index in [9.17, 15) is 5.11 Å². The van der Waals surface area contributed by atoms with Crippen LogP contribution in [0.5, 0.6) is 0 Å². The van der Waals surface area contributed by atoms with Gasteiger partial charge in [0, 0.05) is 0 Å². The van der Waals surface area contributed by atoms with Crippen molar-refractivity contribution in [3.05, 3.63) is 11.6 Å². The van der Waals surface area contributed by atoms with E-state index in [1.54, 1.807) is 5.57 Å². The summed E-state index contributed by atoms with van der Waals surface area (Å²) in [5, 5.41) is 10.2. The molecule has 0 spiro atoms. The van der Waals surface area contributed by atoms with Gasteiger partial charge >= 0.3 is 0 Å². The molecule has 0 aromatic carbocycles. The minimum atomic E-state index is -0.107. The number of hydrogen-bond acceptors (Lipinski definition) is 1. The third-order valence-corrected chi connectivity index (χ3v) is 5.33. The highest BCUT2D eigenvalue weighted by atomic mass is 16.3. The average Bonchev–Trinajstić information content (AvgIpc) is 2.35. The van der Waals surface area contributed by atoms with E-state index in [2.05, 4.69) is 33.8 Å². The molecule has 0 aromatic heterocycles. The molecule has 0 radical (unpaired) electrons. The summed E-state index contributed by atoms with van der Waals surface area (Å²) in [6.07, 6.45) is 8.18. The first-order valence-corrected chi connectivity index (χ1v) is 6.70. The van der Waals surface area contributed by atoms with Gasteiger partial charge in [-0.25, -0.2) is 0 Å². The fourth-order valence-corrected chi connectivity index (χ4v) is 3.99. The molecule has 0 heterocycles. The van der Waals surface area contributed by atoms with Crippen molar-refractivity contribution in [3.8, 4) is 0 Å². The van der Waals surface area contributed by atoms with E-state index in [1.807, 2.05) is 0 Å². The molecule has 1 nitrogen and oxygen atoms in total. The number of aliphatic hydroxyl groups excluding tert-OH is 1. The van der Waals surface area contributed by atoms with Crippen molar-refractivity contribution in [3.63, 3.8) is 0 Å². The third-order valence-electron chi connectivity index (χ3n) is 5.33. The molecular weight excluding hydrogens is 196 g/mol. The molecule has 16 heavy (non-hydrogen) atoms. The van der Waals surface area contributed by atoms with Crippen LogP contribution in [0.2, 0.25) is 0 Å². The lowest BCUT2D eigenvalue weighted by Gasteiger charge is -2.53. The Kier molecular flexibility index (Phi) is 2.94. The molecule has 2 rings (SSSR count). The smallest absolute Gasteiger partial charge is 0.0594 e. The number of hydrogen-bond donors (Lipinski definition) is 1. The van der Waals surface area contributed by atoms with E-state index in [0.717, 1.165) is 6.42 Å². The Bertz CT molecular complexity index is 303. The molecule has 0 unspecified atom stereocenters. The maximum atomic E-state index is 10.2. The van der Waals surface area contributed by atoms with Gasteiger partial charge < -0.3 is 5.11 Å². The Morgan fingerprint density at radius 1 is 1.25 bits per heavy atom. The minimum absolute atomic E-state index is 0.0888. The zero-order valence-electron chi connectivity index (χ0n) is 11.2. The van der Waals surface area contributed by atoms with Crippen LogP contribution in [0.25, 0.3) is 0 Å². The highest BCUT2D eigenvalue weighted by Crippen LogP contribution is 2.56. The molecule has 0 saturated heterocycles. The first kappa shape index (κ1) is 12.2. The monoisotopic (exact) mass is 222 g/mol. The number of rotatable bonds is 0. The number of fused-ring (bicyclic) bond motifs is 1. The molecule has 1 heteroatoms. The summed E-state index contributed by atoms with van der Waals surface area (Å²) in [7, 11) is 0. The molecule has 0 amide bonds. The Labute approximate surface area is 99.9 Å². The van der Waals surface area contributed by atoms with Crippen molar-refractivity contribution in [2.75, 3.05) is 0 Å². The first-order chi connectivity index (χ1) is 7.36. The van der Waals surface area contributed by atoms with Gasteiger partial charge in [0.05, 0.1) is 6.10 Å². The second-order valence-corrected chi connectivity index (χ2v) is 6.88. The predicted octanol–water partition coefficient (Wildman–Crippen LogP) is 3.92. The maximum absolute atomic E-state index is 10.2. The topological polar surface area (TPSA) is 20.2 Å². The van der Waals surface area contributed by atoms with Crippen LogP contribution in [0.1, 0.15) is 59.8 Å². The van der Waals surface area contributed by atoms with Crippen molar-refractivity contribution in [1.29, 1.82) is 0 Å². The Morgan fingerprint density at radius 3 is 2.62 bits per heavy atom. The van der Waals surface area contributed by atoms with Crippen LogP contribution < -0.4 is 0 Å². The quantitative estimate of drug-likeness (QED) is 0.616. The van der Waals surface area contributed by atoms with E-state index in [4.69, 9.17) is 0 Å². The van der Waals surface area contributed by atoms with Gasteiger partial charge in [0.1, 0.15) is 0 Å². The summed E-state index contributed by atoms with van der Waals surface area (Å²) in [4.78, 5) is 0. The van der Waals surface area contributed by atoms with Gasteiger partial charge in [-0.2, -0.15) is 0 Å². The van der Waals surface area contributed by atoms with Gasteiger partial charge in [-0.15, -0.1) is 0 Å². The lowest BCUT2D eigenvalue weighted by Crippen LogP contribution is -2.49. The molecule has 0 aliphatic heterocycles. The SMILES string of the molecule is CC1=CC[C@@]2(C)CC[C@H](O)C(C)(C)[C@@H]2CC1. The molecule has 2 aliphatic rings. The Balaban J connectivity index is 2.30. The van der Waals surface area contributed by atoms with E-state index < -0.39 is 0 Å². The summed E-state index contributed by atoms with van der Waals surface area (Å²) in [5.74, 6) is 0.664. The van der Waals surface area contributed by atoms with Crippen LogP contribution in [0.15, 0.2) is 11.6 Å². The number of allylic oxidation sites excluding steroid dienone is 2. The van der Waals surface area contributed by atoms with E-state index in [-0.39, 0.29) is 11.5 Å². The van der Waals surface area contributed by atoms with Gasteiger partial charge in [0.15, 0.2) is 0 Å². The predicted molar refractivity (Wildman–Crippen MR) is 68.2 cm³/mol. The molecule has 1 N–H and O–H groups in total. The van der Waals surface area contributed by atoms with Crippen LogP contribution >= 0.6 is 0 Å². The summed E-state index contributed by atoms with van der Waals surface area (Å²) in [6, 6.07) is 0. The van der Waals surface area contributed by atoms with Gasteiger partial charge in [0.25, 0.3) is 0 Å². The van der Waals surface area contributed by atoms with Crippen molar-refractivity contribution >= 4 is 0 Å². The van der Waals surface area contributed by atoms with Crippen LogP contribution in [-0.2, 0) is 0 Å². The standard InChI is InChI=1S/C15H26O/c1-11-5-6-12-14(2,3)13(16)8-10-15(12,4)9-7-11/h7,12-13,16H,5-6,8-10H2,1-4H3/t12-,13-,15-/m0/s1. The largest absolute Gasteiger partial charge is 0.393 e. The zero-order chi connectivity index (χ0) is 12.0. The van der Waals surface area contributed by atoms with Crippen LogP contribution in [0.4, 0.5) is 0 Å². The Hall–Kier alpha value is -0.300. The molecule has 1 saturated carbocycles. The van der Waals surface area contributed by atoms with Gasteiger partial charge in [-0.3, -0.25) is 0 Å². The maximum Gasteiger partial charge on any atom is 0.0594 e. The van der Waals surface area contributed by atoms with Crippen LogP contribution in [0, 0.1) is 16.7 Å². The molecule has 1 fully saturated rings. The highest BCUT2D eigenvalue weighted by Gasteiger charge is 2.50. The first-order valence-electron chi connectivity index (χ1n) is 6.70. The van der Waals surface area contributed by atoms with Crippen LogP contribution in [-0.4, -0.2) is 11.2 Å². The van der Waals surface area contributed by atoms with Gasteiger partial charge in [-0.1, -0.05) is 32.4 Å². The molecule has 0 aromatic rings. The molecule has 3 atom stereocenters. The molecule has 2 aliphatic carbocycles. The van der Waals surface area contributed by atoms with Gasteiger partial charge in [-0.05, 0) is 55.8 Å². The average molecular weight is 222 g/mol. The lowest BCUT2D eigenvalue weighted by molar-refractivity contribution is -0.0951. The zero-order valence-corrected chi connectivity index (χ0v) is 11.2. The van der Waals surface area contributed by atoms with Crippen molar-refractivity contribution in [1.82, 2.24) is 0 Å². The van der Waals surface area contributed by atoms with E-state index >= 15 is 0 Å². The van der Waals surface area contributed by atoms with Crippen LogP contribution in [0.3, 0.4) is 0 Å². The van der Waals surface area contributed by atoms with Crippen molar-refractivity contribution in [2.45, 2.75) is 65.9 Å². The van der Waals surface area contributed by atoms with E-state index in [0.29, 0.717) is 11.3 Å². The normalized spacial score (nSPS) is 43.2.